The van der Waals surface area contributed by atoms with Gasteiger partial charge in [-0.2, -0.15) is 0 Å². The van der Waals surface area contributed by atoms with E-state index in [1.54, 1.807) is 80.4 Å². The van der Waals surface area contributed by atoms with Gasteiger partial charge in [-0.25, -0.2) is 0 Å². The average molecular weight is 1460 g/mol. The number of aliphatic hydroxyl groups excluding tert-OH is 3. The number of H-pyrrole nitrogens is 1. The van der Waals surface area contributed by atoms with Crippen LogP contribution in [0.4, 0.5) is 0 Å². The van der Waals surface area contributed by atoms with Crippen LogP contribution in [0.25, 0.3) is 21.7 Å². The van der Waals surface area contributed by atoms with Gasteiger partial charge in [-0.3, -0.25) is 72.3 Å². The fraction of sp³-hybridized carbons (Fsp3) is 0.493. The van der Waals surface area contributed by atoms with Crippen molar-refractivity contribution in [2.24, 2.45) is 5.73 Å². The van der Waals surface area contributed by atoms with Gasteiger partial charge in [0.25, 0.3) is 0 Å². The van der Waals surface area contributed by atoms with Crippen LogP contribution < -0.4 is 48.3 Å². The molecule has 0 radical (unpaired) electrons. The number of aromatic nitrogens is 1. The number of aliphatic hydroxyl groups is 3. The molecule has 5 aromatic rings. The highest BCUT2D eigenvalue weighted by molar-refractivity contribution is 8.76. The van der Waals surface area contributed by atoms with Gasteiger partial charge < -0.3 is 83.9 Å². The Kier molecular flexibility index (Phi) is 32.2. The highest BCUT2D eigenvalue weighted by Crippen LogP contribution is 2.26. The van der Waals surface area contributed by atoms with Crippen LogP contribution in [-0.2, 0) is 72.0 Å². The molecule has 31 nitrogen and oxygen atoms in total. The van der Waals surface area contributed by atoms with E-state index in [-0.39, 0.29) is 109 Å². The molecule has 2 aliphatic heterocycles. The summed E-state index contributed by atoms with van der Waals surface area (Å²) in [4.78, 5) is 165. The quantitative estimate of drug-likeness (QED) is 0.0210. The lowest BCUT2D eigenvalue weighted by molar-refractivity contribution is -0.140. The zero-order chi connectivity index (χ0) is 73.8. The molecule has 10 atom stereocenters. The Morgan fingerprint density at radius 2 is 1.09 bits per heavy atom. The second kappa shape index (κ2) is 40.8. The second-order valence-electron chi connectivity index (χ2n) is 25.4. The molecule has 2 saturated heterocycles. The molecule has 0 spiro atoms. The van der Waals surface area contributed by atoms with E-state index in [1.807, 2.05) is 42.5 Å². The summed E-state index contributed by atoms with van der Waals surface area (Å²) in [5.41, 5.74) is 8.32. The summed E-state index contributed by atoms with van der Waals surface area (Å²) in [6.07, 6.45) is -1.11. The minimum atomic E-state index is -1.76. The SMILES string of the molecule is C[C@@H](O)[C@@H]1NC(=O)[C@H](CCCCN)NC(=O)C(Cc2c[nH]c3ccccc23)NC(=O)[C@H](Cc2cccc3ccccc23)NC(=O)C(NC(=O)[C@@H](Cc2ccccc2)NC(=O)CN2CCN(CC(=O)O)CCN(CC(=O)O)CCN(CC(=O)O)CC2)CSSCC(C(=O)N[C@H](CO)[C@@H](C)O)NC1=O. The number of amides is 8. The monoisotopic (exact) mass is 1450 g/mol. The first kappa shape index (κ1) is 80.5. The summed E-state index contributed by atoms with van der Waals surface area (Å²) in [6, 6.07) is 16.5. The Morgan fingerprint density at radius 3 is 1.67 bits per heavy atom. The number of fused-ring (bicyclic) bond motifs is 2. The molecule has 0 saturated carbocycles. The van der Waals surface area contributed by atoms with Crippen molar-refractivity contribution in [2.45, 2.75) is 113 Å². The van der Waals surface area contributed by atoms with Gasteiger partial charge in [-0.1, -0.05) is 113 Å². The summed E-state index contributed by atoms with van der Waals surface area (Å²) in [7, 11) is 1.86. The smallest absolute Gasteiger partial charge is 0.317 e. The van der Waals surface area contributed by atoms with E-state index in [2.05, 4.69) is 47.5 Å². The van der Waals surface area contributed by atoms with Gasteiger partial charge in [0.05, 0.1) is 51.0 Å². The number of nitrogens with zero attached hydrogens (tertiary/aromatic N) is 4. The van der Waals surface area contributed by atoms with E-state index in [0.717, 1.165) is 32.4 Å². The van der Waals surface area contributed by atoms with E-state index in [4.69, 9.17) is 5.73 Å². The molecule has 3 heterocycles. The van der Waals surface area contributed by atoms with E-state index >= 15 is 19.2 Å². The van der Waals surface area contributed by atoms with Crippen molar-refractivity contribution in [3.8, 4) is 0 Å². The van der Waals surface area contributed by atoms with Crippen molar-refractivity contribution in [1.29, 1.82) is 0 Å². The molecule has 2 fully saturated rings. The molecule has 33 heteroatoms. The summed E-state index contributed by atoms with van der Waals surface area (Å²) >= 11 is 0. The number of aliphatic carboxylic acids is 3. The molecule has 0 bridgehead atoms. The second-order valence-corrected chi connectivity index (χ2v) is 28.0. The lowest BCUT2D eigenvalue weighted by Crippen LogP contribution is -2.62. The van der Waals surface area contributed by atoms with E-state index in [0.29, 0.717) is 34.0 Å². The van der Waals surface area contributed by atoms with Crippen molar-refractivity contribution in [1.82, 2.24) is 67.1 Å². The maximum absolute atomic E-state index is 15.5. The van der Waals surface area contributed by atoms with Crippen LogP contribution in [0.1, 0.15) is 49.8 Å². The summed E-state index contributed by atoms with van der Waals surface area (Å²) in [6.45, 7) is 1.21. The van der Waals surface area contributed by atoms with Crippen molar-refractivity contribution in [2.75, 3.05) is 103 Å². The fourth-order valence-corrected chi connectivity index (χ4v) is 14.2. The summed E-state index contributed by atoms with van der Waals surface area (Å²) < 4.78 is 0. The first-order valence-corrected chi connectivity index (χ1v) is 36.3. The number of aromatic amines is 1. The van der Waals surface area contributed by atoms with E-state index < -0.39 is 152 Å². The molecule has 4 aromatic carbocycles. The van der Waals surface area contributed by atoms with Crippen LogP contribution in [0.15, 0.2) is 103 Å². The molecule has 0 aliphatic carbocycles. The molecule has 1 aromatic heterocycles. The van der Waals surface area contributed by atoms with Crippen LogP contribution >= 0.6 is 21.6 Å². The topological polar surface area (TPSA) is 460 Å². The van der Waals surface area contributed by atoms with Crippen LogP contribution in [-0.4, -0.2) is 284 Å². The minimum absolute atomic E-state index is 0.0399. The molecule has 554 valence electrons. The third kappa shape index (κ3) is 25.6. The number of hydrogen-bond donors (Lipinski definition) is 16. The maximum atomic E-state index is 15.5. The Hall–Kier alpha value is -8.77. The van der Waals surface area contributed by atoms with Crippen LogP contribution in [0.2, 0.25) is 0 Å². The molecule has 17 N–H and O–H groups in total. The summed E-state index contributed by atoms with van der Waals surface area (Å²) in [5.74, 6) is -11.3. The van der Waals surface area contributed by atoms with Gasteiger partial charge >= 0.3 is 17.9 Å². The summed E-state index contributed by atoms with van der Waals surface area (Å²) in [5, 5.41) is 85.1. The van der Waals surface area contributed by atoms with Gasteiger partial charge in [0.2, 0.25) is 47.3 Å². The Labute approximate surface area is 597 Å². The van der Waals surface area contributed by atoms with Crippen molar-refractivity contribution in [3.05, 3.63) is 120 Å². The number of carbonyl (C=O) groups is 11. The number of carbonyl (C=O) groups excluding carboxylic acids is 8. The molecular formula is C69H94N14O17S2. The van der Waals surface area contributed by atoms with Crippen LogP contribution in [0.5, 0.6) is 0 Å². The predicted molar refractivity (Wildman–Crippen MR) is 382 cm³/mol. The number of rotatable bonds is 26. The van der Waals surface area contributed by atoms with Crippen molar-refractivity contribution >= 4 is 108 Å². The Balaban J connectivity index is 1.28. The molecule has 2 aliphatic rings. The first-order chi connectivity index (χ1) is 48.9. The van der Waals surface area contributed by atoms with Crippen molar-refractivity contribution < 1.29 is 83.4 Å². The first-order valence-electron chi connectivity index (χ1n) is 33.8. The van der Waals surface area contributed by atoms with E-state index in [1.165, 1.54) is 13.8 Å². The van der Waals surface area contributed by atoms with Crippen LogP contribution in [0, 0.1) is 0 Å². The maximum Gasteiger partial charge on any atom is 0.317 e. The lowest BCUT2D eigenvalue weighted by Gasteiger charge is -2.33. The van der Waals surface area contributed by atoms with Gasteiger partial charge in [0.15, 0.2) is 0 Å². The number of benzene rings is 4. The molecule has 7 rings (SSSR count). The Bertz CT molecular complexity index is 3630. The lowest BCUT2D eigenvalue weighted by atomic mass is 9.97. The zero-order valence-electron chi connectivity index (χ0n) is 57.0. The number of nitrogens with one attached hydrogen (secondary N) is 9. The number of carboxylic acid groups (broad SMARTS) is 3. The third-order valence-corrected chi connectivity index (χ3v) is 20.0. The van der Waals surface area contributed by atoms with Gasteiger partial charge in [-0.15, -0.1) is 0 Å². The third-order valence-electron chi connectivity index (χ3n) is 17.5. The Morgan fingerprint density at radius 1 is 0.569 bits per heavy atom. The predicted octanol–water partition coefficient (Wildman–Crippen LogP) is -2.02. The molecule has 3 unspecified atom stereocenters. The number of hydrogen-bond acceptors (Lipinski definition) is 21. The number of unbranched alkanes of at least 4 members (excludes halogenated alkanes) is 1. The zero-order valence-corrected chi connectivity index (χ0v) is 58.6. The normalized spacial score (nSPS) is 21.8. The fourth-order valence-electron chi connectivity index (χ4n) is 11.9. The largest absolute Gasteiger partial charge is 0.480 e. The van der Waals surface area contributed by atoms with Gasteiger partial charge in [-0.05, 0) is 73.2 Å². The van der Waals surface area contributed by atoms with Gasteiger partial charge in [0, 0.05) is 100 Å². The highest BCUT2D eigenvalue weighted by atomic mass is 33.1. The van der Waals surface area contributed by atoms with Crippen LogP contribution in [0.3, 0.4) is 0 Å². The molecule has 8 amide bonds. The number of nitrogens with two attached hydrogens (primary N) is 1. The molecule has 102 heavy (non-hydrogen) atoms. The van der Waals surface area contributed by atoms with Crippen molar-refractivity contribution in [3.63, 3.8) is 0 Å². The minimum Gasteiger partial charge on any atom is -0.480 e. The number of carboxylic acids is 3. The molecular weight excluding hydrogens is 1360 g/mol. The average Bonchev–Trinajstić information content (AvgIpc) is 1.51. The van der Waals surface area contributed by atoms with E-state index in [9.17, 15) is 64.2 Å². The number of para-hydroxylation sites is 1. The standard InChI is InChI=1S/C69H94N14O17S2/c1-42(85)55(39-84)76-68(99)57-41-102-101-40-56(77-64(95)52(31-44-13-4-3-5-14-44)72-58(87)35-80-23-25-81(36-59(88)89)27-29-83(38-61(92)93)30-28-82(26-24-80)37-60(90)91)67(98)75-53(32-46-17-12-16-45-15-6-7-18-48(45)46)66(97)74-54(33-47-34-71-50-20-9-8-19-49(47)50)65(96)73-51(21-10-11-22-70)63(94)79-62(43(2)86)69(100)78-57/h3-9,12-20,34,42-43,51-57,62,71,84-86H,10-11,21-33,35-41,70H2,1-2H3,(H,72,87)(H,73,96)(H,74,97)(H,75,98)(H,76,99)(H,77,95)(H,78,100)(H,79,94)(H,88,89)(H,90,91)(H,92,93)/t42-,43-,51+,52-,53+,54?,55-,56?,57?,62+/m1/s1. The van der Waals surface area contributed by atoms with Gasteiger partial charge in [0.1, 0.15) is 42.3 Å². The highest BCUT2D eigenvalue weighted by Gasteiger charge is 2.38.